The Kier molecular flexibility index (Phi) is 2.67. The molecule has 0 saturated heterocycles. The molecule has 18 heavy (non-hydrogen) atoms. The largest absolute Gasteiger partial charge is 0.347 e. The van der Waals surface area contributed by atoms with E-state index >= 15 is 0 Å². The van der Waals surface area contributed by atoms with Crippen molar-refractivity contribution >= 4 is 11.6 Å². The molecule has 2 aromatic rings. The molecule has 3 rings (SSSR count). The minimum Gasteiger partial charge on any atom is -0.347 e. The van der Waals surface area contributed by atoms with Gasteiger partial charge in [-0.3, -0.25) is 4.79 Å². The zero-order chi connectivity index (χ0) is 12.5. The van der Waals surface area contributed by atoms with Gasteiger partial charge in [0.2, 0.25) is 0 Å². The van der Waals surface area contributed by atoms with Crippen LogP contribution in [0.2, 0.25) is 0 Å². The fourth-order valence-electron chi connectivity index (χ4n) is 2.54. The molecule has 1 aromatic carbocycles. The van der Waals surface area contributed by atoms with Crippen LogP contribution in [0.4, 0.5) is 5.69 Å². The molecule has 1 aliphatic rings. The van der Waals surface area contributed by atoms with Crippen molar-refractivity contribution in [2.75, 3.05) is 5.32 Å². The van der Waals surface area contributed by atoms with Gasteiger partial charge in [-0.15, -0.1) is 0 Å². The van der Waals surface area contributed by atoms with Gasteiger partial charge in [0.25, 0.3) is 5.91 Å². The summed E-state index contributed by atoms with van der Waals surface area (Å²) in [6.07, 6.45) is 5.40. The lowest BCUT2D eigenvalue weighted by atomic mass is 10.1. The summed E-state index contributed by atoms with van der Waals surface area (Å²) in [6, 6.07) is 9.91. The number of carbonyl (C=O) groups is 1. The second-order valence-corrected chi connectivity index (χ2v) is 4.80. The standard InChI is InChI=1S/C15H16N2O/c1-17-9-3-6-14(17)15(18)16-13-8-7-11-4-2-5-12(11)10-13/h3,6-10H,2,4-5H2,1H3,(H,16,18). The average Bonchev–Trinajstić information content (AvgIpc) is 2.96. The lowest BCUT2D eigenvalue weighted by molar-refractivity contribution is 0.101. The van der Waals surface area contributed by atoms with Crippen LogP contribution in [0.3, 0.4) is 0 Å². The van der Waals surface area contributed by atoms with Crippen LogP contribution in [-0.4, -0.2) is 10.5 Å². The molecule has 1 aromatic heterocycles. The molecule has 1 heterocycles. The smallest absolute Gasteiger partial charge is 0.272 e. The number of amides is 1. The number of anilines is 1. The van der Waals surface area contributed by atoms with Crippen LogP contribution in [-0.2, 0) is 19.9 Å². The number of hydrogen-bond acceptors (Lipinski definition) is 1. The quantitative estimate of drug-likeness (QED) is 0.860. The van der Waals surface area contributed by atoms with Gasteiger partial charge in [-0.05, 0) is 54.7 Å². The van der Waals surface area contributed by atoms with Crippen molar-refractivity contribution in [3.8, 4) is 0 Å². The number of fused-ring (bicyclic) bond motifs is 1. The summed E-state index contributed by atoms with van der Waals surface area (Å²) in [5, 5.41) is 2.96. The van der Waals surface area contributed by atoms with E-state index in [1.807, 2.05) is 36.0 Å². The summed E-state index contributed by atoms with van der Waals surface area (Å²) in [5.41, 5.74) is 4.36. The van der Waals surface area contributed by atoms with Crippen molar-refractivity contribution in [3.63, 3.8) is 0 Å². The zero-order valence-corrected chi connectivity index (χ0v) is 10.4. The van der Waals surface area contributed by atoms with E-state index in [1.54, 1.807) is 0 Å². The maximum Gasteiger partial charge on any atom is 0.272 e. The third-order valence-electron chi connectivity index (χ3n) is 3.53. The Morgan fingerprint density at radius 3 is 2.83 bits per heavy atom. The third kappa shape index (κ3) is 1.92. The fourth-order valence-corrected chi connectivity index (χ4v) is 2.54. The van der Waals surface area contributed by atoms with Crippen molar-refractivity contribution < 1.29 is 4.79 Å². The minimum absolute atomic E-state index is 0.0551. The highest BCUT2D eigenvalue weighted by Crippen LogP contribution is 2.25. The Morgan fingerprint density at radius 2 is 2.06 bits per heavy atom. The van der Waals surface area contributed by atoms with Crippen LogP contribution < -0.4 is 5.32 Å². The molecule has 1 aliphatic carbocycles. The summed E-state index contributed by atoms with van der Waals surface area (Å²) in [7, 11) is 1.87. The Morgan fingerprint density at radius 1 is 1.22 bits per heavy atom. The van der Waals surface area contributed by atoms with Crippen molar-refractivity contribution in [1.29, 1.82) is 0 Å². The summed E-state index contributed by atoms with van der Waals surface area (Å²) >= 11 is 0. The SMILES string of the molecule is Cn1cccc1C(=O)Nc1ccc2c(c1)CCC2. The topological polar surface area (TPSA) is 34.0 Å². The predicted molar refractivity (Wildman–Crippen MR) is 71.8 cm³/mol. The van der Waals surface area contributed by atoms with E-state index in [2.05, 4.69) is 17.4 Å². The van der Waals surface area contributed by atoms with Crippen LogP contribution in [0.15, 0.2) is 36.5 Å². The molecule has 0 aliphatic heterocycles. The number of benzene rings is 1. The third-order valence-corrected chi connectivity index (χ3v) is 3.53. The lowest BCUT2D eigenvalue weighted by Gasteiger charge is -2.08. The van der Waals surface area contributed by atoms with E-state index in [0.29, 0.717) is 5.69 Å². The van der Waals surface area contributed by atoms with E-state index in [1.165, 1.54) is 24.0 Å². The highest BCUT2D eigenvalue weighted by Gasteiger charge is 2.13. The molecular formula is C15H16N2O. The first kappa shape index (κ1) is 11.1. The monoisotopic (exact) mass is 240 g/mol. The molecular weight excluding hydrogens is 224 g/mol. The molecule has 0 saturated carbocycles. The average molecular weight is 240 g/mol. The number of nitrogens with one attached hydrogen (secondary N) is 1. The van der Waals surface area contributed by atoms with Crippen molar-refractivity contribution in [3.05, 3.63) is 53.3 Å². The molecule has 0 radical (unpaired) electrons. The molecule has 92 valence electrons. The highest BCUT2D eigenvalue weighted by molar-refractivity contribution is 6.03. The molecule has 0 bridgehead atoms. The molecule has 1 amide bonds. The van der Waals surface area contributed by atoms with E-state index in [4.69, 9.17) is 0 Å². The number of hydrogen-bond donors (Lipinski definition) is 1. The number of nitrogens with zero attached hydrogens (tertiary/aromatic N) is 1. The van der Waals surface area contributed by atoms with Gasteiger partial charge in [0.05, 0.1) is 0 Å². The molecule has 1 N–H and O–H groups in total. The Balaban J connectivity index is 1.81. The molecule has 0 spiro atoms. The zero-order valence-electron chi connectivity index (χ0n) is 10.4. The summed E-state index contributed by atoms with van der Waals surface area (Å²) < 4.78 is 1.82. The van der Waals surface area contributed by atoms with Gasteiger partial charge >= 0.3 is 0 Å². The van der Waals surface area contributed by atoms with Crippen molar-refractivity contribution in [2.45, 2.75) is 19.3 Å². The van der Waals surface area contributed by atoms with Gasteiger partial charge in [0, 0.05) is 18.9 Å². The lowest BCUT2D eigenvalue weighted by Crippen LogP contribution is -2.15. The molecule has 3 nitrogen and oxygen atoms in total. The van der Waals surface area contributed by atoms with Gasteiger partial charge in [-0.2, -0.15) is 0 Å². The maximum atomic E-state index is 12.1. The van der Waals surface area contributed by atoms with E-state index in [9.17, 15) is 4.79 Å². The van der Waals surface area contributed by atoms with Crippen molar-refractivity contribution in [2.24, 2.45) is 7.05 Å². The first-order valence-electron chi connectivity index (χ1n) is 6.28. The molecule has 3 heteroatoms. The summed E-state index contributed by atoms with van der Waals surface area (Å²) in [6.45, 7) is 0. The van der Waals surface area contributed by atoms with Crippen molar-refractivity contribution in [1.82, 2.24) is 4.57 Å². The highest BCUT2D eigenvalue weighted by atomic mass is 16.1. The van der Waals surface area contributed by atoms with Gasteiger partial charge in [-0.1, -0.05) is 6.07 Å². The maximum absolute atomic E-state index is 12.1. The van der Waals surface area contributed by atoms with Crippen LogP contribution in [0.1, 0.15) is 28.0 Å². The van der Waals surface area contributed by atoms with Gasteiger partial charge in [0.1, 0.15) is 5.69 Å². The number of aryl methyl sites for hydroxylation is 3. The van der Waals surface area contributed by atoms with Crippen LogP contribution >= 0.6 is 0 Å². The Hall–Kier alpha value is -2.03. The van der Waals surface area contributed by atoms with Gasteiger partial charge in [0.15, 0.2) is 0 Å². The number of carbonyl (C=O) groups excluding carboxylic acids is 1. The second kappa shape index (κ2) is 4.33. The van der Waals surface area contributed by atoms with E-state index < -0.39 is 0 Å². The van der Waals surface area contributed by atoms with Crippen LogP contribution in [0, 0.1) is 0 Å². The first-order chi connectivity index (χ1) is 8.74. The second-order valence-electron chi connectivity index (χ2n) is 4.80. The van der Waals surface area contributed by atoms with E-state index in [0.717, 1.165) is 12.1 Å². The number of aromatic nitrogens is 1. The van der Waals surface area contributed by atoms with Crippen LogP contribution in [0.25, 0.3) is 0 Å². The fraction of sp³-hybridized carbons (Fsp3) is 0.267. The van der Waals surface area contributed by atoms with E-state index in [-0.39, 0.29) is 5.91 Å². The minimum atomic E-state index is -0.0551. The van der Waals surface area contributed by atoms with Gasteiger partial charge in [-0.25, -0.2) is 0 Å². The molecule has 0 unspecified atom stereocenters. The van der Waals surface area contributed by atoms with Gasteiger partial charge < -0.3 is 9.88 Å². The first-order valence-corrected chi connectivity index (χ1v) is 6.28. The summed E-state index contributed by atoms with van der Waals surface area (Å²) in [4.78, 5) is 12.1. The predicted octanol–water partition coefficient (Wildman–Crippen LogP) is 2.77. The summed E-state index contributed by atoms with van der Waals surface area (Å²) in [5.74, 6) is -0.0551. The van der Waals surface area contributed by atoms with Crippen LogP contribution in [0.5, 0.6) is 0 Å². The molecule has 0 fully saturated rings. The molecule has 0 atom stereocenters. The number of rotatable bonds is 2. The normalized spacial score (nSPS) is 13.4. The Bertz CT molecular complexity index is 598. The Labute approximate surface area is 106 Å².